The zero-order chi connectivity index (χ0) is 22.1. The van der Waals surface area contributed by atoms with E-state index in [0.717, 1.165) is 44.5 Å². The summed E-state index contributed by atoms with van der Waals surface area (Å²) in [7, 11) is 0. The zero-order valence-electron chi connectivity index (χ0n) is 18.1. The highest BCUT2D eigenvalue weighted by Gasteiger charge is 2.62. The number of halogens is 3. The first kappa shape index (κ1) is 21.1. The highest BCUT2D eigenvalue weighted by molar-refractivity contribution is 5.86. The Hall–Kier alpha value is -1.80. The Labute approximate surface area is 180 Å². The topological polar surface area (TPSA) is 42.0 Å². The van der Waals surface area contributed by atoms with Crippen LogP contribution in [0.15, 0.2) is 18.2 Å². The zero-order valence-corrected chi connectivity index (χ0v) is 18.1. The Bertz CT molecular complexity index is 881. The van der Waals surface area contributed by atoms with Crippen LogP contribution in [0.1, 0.15) is 51.2 Å². The number of hydrogen-bond donors (Lipinski definition) is 0. The van der Waals surface area contributed by atoms with Crippen molar-refractivity contribution < 1.29 is 27.4 Å². The van der Waals surface area contributed by atoms with Crippen molar-refractivity contribution in [2.45, 2.75) is 77.2 Å². The molecule has 3 fully saturated rings. The van der Waals surface area contributed by atoms with Crippen molar-refractivity contribution in [3.63, 3.8) is 0 Å². The lowest BCUT2D eigenvalue weighted by atomic mass is 9.76. The number of carbonyl (C=O) groups is 1. The van der Waals surface area contributed by atoms with E-state index in [0.29, 0.717) is 17.4 Å². The van der Waals surface area contributed by atoms with E-state index in [9.17, 15) is 18.0 Å². The van der Waals surface area contributed by atoms with Gasteiger partial charge in [0.05, 0.1) is 29.7 Å². The van der Waals surface area contributed by atoms with Crippen LogP contribution < -0.4 is 4.74 Å². The first-order chi connectivity index (χ1) is 14.6. The normalized spacial score (nSPS) is 38.3. The second-order valence-corrected chi connectivity index (χ2v) is 9.81. The van der Waals surface area contributed by atoms with E-state index in [2.05, 4.69) is 25.7 Å². The maximum atomic E-state index is 13.6. The lowest BCUT2D eigenvalue weighted by molar-refractivity contribution is -0.140. The highest BCUT2D eigenvalue weighted by atomic mass is 19.4. The largest absolute Gasteiger partial charge is 0.470 e. The van der Waals surface area contributed by atoms with Gasteiger partial charge in [0.2, 0.25) is 5.91 Å². The molecule has 1 aromatic carbocycles. The smallest absolute Gasteiger partial charge is 0.416 e. The van der Waals surface area contributed by atoms with Crippen LogP contribution in [-0.4, -0.2) is 53.3 Å². The SMILES string of the molecule is CC1C2Oc3ccc(C(F)(F)F)cc3CN2C(=O)[C@]12CC[C@@H](N1C[C@@H](C)O[C@@H](C)C1)C2. The Morgan fingerprint density at radius 1 is 1.13 bits per heavy atom. The summed E-state index contributed by atoms with van der Waals surface area (Å²) in [4.78, 5) is 17.7. The first-order valence-corrected chi connectivity index (χ1v) is 11.2. The van der Waals surface area contributed by atoms with Gasteiger partial charge in [0.15, 0.2) is 6.23 Å². The van der Waals surface area contributed by atoms with Crippen molar-refractivity contribution in [2.24, 2.45) is 11.3 Å². The number of nitrogens with zero attached hydrogens (tertiary/aromatic N) is 2. The monoisotopic (exact) mass is 438 g/mol. The molecule has 6 atom stereocenters. The Kier molecular flexibility index (Phi) is 4.83. The molecule has 4 aliphatic rings. The van der Waals surface area contributed by atoms with Gasteiger partial charge in [0, 0.05) is 30.6 Å². The number of alkyl halides is 3. The number of hydrogen-bond acceptors (Lipinski definition) is 4. The molecule has 5 nitrogen and oxygen atoms in total. The lowest BCUT2D eigenvalue weighted by Crippen LogP contribution is -2.50. The molecule has 0 N–H and O–H groups in total. The predicted molar refractivity (Wildman–Crippen MR) is 107 cm³/mol. The summed E-state index contributed by atoms with van der Waals surface area (Å²) in [5, 5.41) is 0. The molecule has 1 saturated carbocycles. The minimum Gasteiger partial charge on any atom is -0.470 e. The highest BCUT2D eigenvalue weighted by Crippen LogP contribution is 2.55. The van der Waals surface area contributed by atoms with Gasteiger partial charge in [-0.15, -0.1) is 0 Å². The molecule has 1 aliphatic carbocycles. The maximum absolute atomic E-state index is 13.6. The minimum absolute atomic E-state index is 0.0173. The maximum Gasteiger partial charge on any atom is 0.416 e. The second kappa shape index (κ2) is 7.10. The Balaban J connectivity index is 1.38. The third-order valence-corrected chi connectivity index (χ3v) is 7.76. The molecular weight excluding hydrogens is 409 g/mol. The number of carbonyl (C=O) groups excluding carboxylic acids is 1. The molecule has 2 saturated heterocycles. The Morgan fingerprint density at radius 3 is 2.52 bits per heavy atom. The molecule has 0 radical (unpaired) electrons. The van der Waals surface area contributed by atoms with Crippen molar-refractivity contribution >= 4 is 5.91 Å². The van der Waals surface area contributed by atoms with Crippen molar-refractivity contribution in [2.75, 3.05) is 13.1 Å². The van der Waals surface area contributed by atoms with Crippen molar-refractivity contribution in [3.05, 3.63) is 29.3 Å². The van der Waals surface area contributed by atoms with Gasteiger partial charge < -0.3 is 14.4 Å². The van der Waals surface area contributed by atoms with Crippen molar-refractivity contribution in [1.82, 2.24) is 9.80 Å². The van der Waals surface area contributed by atoms with Gasteiger partial charge in [-0.2, -0.15) is 13.2 Å². The number of morpholine rings is 1. The third-order valence-electron chi connectivity index (χ3n) is 7.76. The first-order valence-electron chi connectivity index (χ1n) is 11.2. The molecule has 2 unspecified atom stereocenters. The number of ether oxygens (including phenoxy) is 2. The van der Waals surface area contributed by atoms with E-state index in [4.69, 9.17) is 9.47 Å². The predicted octanol–water partition coefficient (Wildman–Crippen LogP) is 4.05. The fraction of sp³-hybridized carbons (Fsp3) is 0.696. The fourth-order valence-corrected chi connectivity index (χ4v) is 6.26. The van der Waals surface area contributed by atoms with Crippen molar-refractivity contribution in [1.29, 1.82) is 0 Å². The van der Waals surface area contributed by atoms with Gasteiger partial charge in [-0.05, 0) is 51.3 Å². The van der Waals surface area contributed by atoms with Crippen LogP contribution in [0, 0.1) is 11.3 Å². The molecule has 170 valence electrons. The molecule has 1 spiro atoms. The number of rotatable bonds is 1. The average molecular weight is 438 g/mol. The molecule has 31 heavy (non-hydrogen) atoms. The number of benzene rings is 1. The van der Waals surface area contributed by atoms with E-state index >= 15 is 0 Å². The summed E-state index contributed by atoms with van der Waals surface area (Å²) in [5.74, 6) is 0.470. The van der Waals surface area contributed by atoms with Crippen LogP contribution in [0.2, 0.25) is 0 Å². The van der Waals surface area contributed by atoms with Gasteiger partial charge in [0.1, 0.15) is 5.75 Å². The van der Waals surface area contributed by atoms with Crippen LogP contribution in [-0.2, 0) is 22.3 Å². The van der Waals surface area contributed by atoms with Gasteiger partial charge in [-0.25, -0.2) is 0 Å². The van der Waals surface area contributed by atoms with Crippen LogP contribution in [0.3, 0.4) is 0 Å². The summed E-state index contributed by atoms with van der Waals surface area (Å²) < 4.78 is 51.4. The number of fused-ring (bicyclic) bond motifs is 2. The van der Waals surface area contributed by atoms with E-state index in [1.54, 1.807) is 4.90 Å². The summed E-state index contributed by atoms with van der Waals surface area (Å²) in [5.41, 5.74) is -0.789. The lowest BCUT2D eigenvalue weighted by Gasteiger charge is -2.39. The van der Waals surface area contributed by atoms with E-state index in [-0.39, 0.29) is 30.6 Å². The summed E-state index contributed by atoms with van der Waals surface area (Å²) in [6.07, 6.45) is -1.99. The molecular formula is C23H29F3N2O3. The van der Waals surface area contributed by atoms with Gasteiger partial charge in [-0.1, -0.05) is 6.92 Å². The van der Waals surface area contributed by atoms with Gasteiger partial charge in [-0.3, -0.25) is 9.69 Å². The summed E-state index contributed by atoms with van der Waals surface area (Å²) in [6.45, 7) is 8.12. The van der Waals surface area contributed by atoms with Crippen LogP contribution >= 0.6 is 0 Å². The molecule has 0 bridgehead atoms. The average Bonchev–Trinajstić information content (AvgIpc) is 3.23. The van der Waals surface area contributed by atoms with Gasteiger partial charge in [0.25, 0.3) is 0 Å². The summed E-state index contributed by atoms with van der Waals surface area (Å²) in [6, 6.07) is 3.88. The summed E-state index contributed by atoms with van der Waals surface area (Å²) >= 11 is 0. The molecule has 3 aliphatic heterocycles. The van der Waals surface area contributed by atoms with Gasteiger partial charge >= 0.3 is 6.18 Å². The molecule has 1 aromatic rings. The molecule has 1 amide bonds. The molecule has 3 heterocycles. The van der Waals surface area contributed by atoms with Crippen LogP contribution in [0.25, 0.3) is 0 Å². The standard InChI is InChI=1S/C23H29F3N2O3/c1-13-10-27(11-14(2)30-13)18-6-7-22(9-18)15(3)20-28(21(22)29)12-16-8-17(23(24,25)26)4-5-19(16)31-20/h4-5,8,13-15,18,20H,6-7,9-12H2,1-3H3/t13-,14+,15?,18-,20?,22+/m1/s1. The molecule has 5 rings (SSSR count). The second-order valence-electron chi connectivity index (χ2n) is 9.81. The van der Waals surface area contributed by atoms with E-state index in [1.807, 2.05) is 0 Å². The van der Waals surface area contributed by atoms with E-state index in [1.165, 1.54) is 6.07 Å². The van der Waals surface area contributed by atoms with Crippen LogP contribution in [0.4, 0.5) is 13.2 Å². The third kappa shape index (κ3) is 3.33. The minimum atomic E-state index is -4.42. The molecule has 0 aromatic heterocycles. The molecule has 8 heteroatoms. The quantitative estimate of drug-likeness (QED) is 0.664. The Morgan fingerprint density at radius 2 is 1.84 bits per heavy atom. The van der Waals surface area contributed by atoms with Crippen LogP contribution in [0.5, 0.6) is 5.75 Å². The number of amides is 1. The fourth-order valence-electron chi connectivity index (χ4n) is 6.26. The van der Waals surface area contributed by atoms with E-state index < -0.39 is 23.4 Å². The van der Waals surface area contributed by atoms with Crippen molar-refractivity contribution in [3.8, 4) is 5.75 Å².